The van der Waals surface area contributed by atoms with Crippen LogP contribution in [0.15, 0.2) is 83.7 Å². The van der Waals surface area contributed by atoms with Crippen LogP contribution in [0, 0.1) is 0 Å². The fraction of sp³-hybridized carbons (Fsp3) is 0.125. The Morgan fingerprint density at radius 1 is 0.900 bits per heavy atom. The van der Waals surface area contributed by atoms with Gasteiger partial charge in [0, 0.05) is 5.39 Å². The van der Waals surface area contributed by atoms with Gasteiger partial charge in [0.1, 0.15) is 12.4 Å². The van der Waals surface area contributed by atoms with Crippen molar-refractivity contribution < 1.29 is 14.3 Å². The van der Waals surface area contributed by atoms with E-state index in [4.69, 9.17) is 9.47 Å². The number of methoxy groups -OCH3 is 1. The van der Waals surface area contributed by atoms with Crippen LogP contribution in [0.1, 0.15) is 21.6 Å². The molecule has 0 N–H and O–H groups in total. The van der Waals surface area contributed by atoms with Crippen molar-refractivity contribution in [3.05, 3.63) is 106 Å². The molecule has 0 aliphatic heterocycles. The molecule has 0 spiro atoms. The number of ether oxygens (including phenoxy) is 2. The number of benzene rings is 3. The van der Waals surface area contributed by atoms with E-state index in [2.05, 4.69) is 5.10 Å². The summed E-state index contributed by atoms with van der Waals surface area (Å²) in [5, 5.41) is 5.25. The lowest BCUT2D eigenvalue weighted by Gasteiger charge is -2.11. The van der Waals surface area contributed by atoms with Crippen LogP contribution in [0.3, 0.4) is 0 Å². The fourth-order valence-electron chi connectivity index (χ4n) is 3.23. The summed E-state index contributed by atoms with van der Waals surface area (Å²) in [6, 6.07) is 23.7. The molecule has 0 aliphatic carbocycles. The van der Waals surface area contributed by atoms with Crippen LogP contribution in [0.2, 0.25) is 0 Å². The first kappa shape index (κ1) is 19.4. The first-order valence-corrected chi connectivity index (χ1v) is 9.49. The zero-order chi connectivity index (χ0) is 20.9. The third kappa shape index (κ3) is 4.07. The van der Waals surface area contributed by atoms with Crippen LogP contribution in [0.4, 0.5) is 0 Å². The summed E-state index contributed by atoms with van der Waals surface area (Å²) in [6.07, 6.45) is 0. The number of aromatic nitrogens is 2. The first-order valence-electron chi connectivity index (χ1n) is 9.49. The molecule has 1 heterocycles. The van der Waals surface area contributed by atoms with Crippen molar-refractivity contribution in [3.8, 4) is 5.75 Å². The monoisotopic (exact) mass is 400 g/mol. The number of carbonyl (C=O) groups is 1. The minimum absolute atomic E-state index is 0.0733. The van der Waals surface area contributed by atoms with Gasteiger partial charge in [-0.05, 0) is 29.3 Å². The fourth-order valence-corrected chi connectivity index (χ4v) is 3.23. The summed E-state index contributed by atoms with van der Waals surface area (Å²) in [7, 11) is 1.58. The molecule has 0 unspecified atom stereocenters. The van der Waals surface area contributed by atoms with Crippen molar-refractivity contribution in [2.24, 2.45) is 0 Å². The Bertz CT molecular complexity index is 1250. The van der Waals surface area contributed by atoms with Gasteiger partial charge in [0.05, 0.1) is 19.0 Å². The molecule has 3 aromatic carbocycles. The summed E-state index contributed by atoms with van der Waals surface area (Å²) in [5.74, 6) is 0.0966. The van der Waals surface area contributed by atoms with E-state index in [1.807, 2.05) is 48.5 Å². The Morgan fingerprint density at radius 3 is 2.37 bits per heavy atom. The van der Waals surface area contributed by atoms with Gasteiger partial charge in [0.15, 0.2) is 5.69 Å². The number of hydrogen-bond acceptors (Lipinski definition) is 5. The molecule has 6 nitrogen and oxygen atoms in total. The van der Waals surface area contributed by atoms with Crippen molar-refractivity contribution in [2.45, 2.75) is 13.2 Å². The summed E-state index contributed by atoms with van der Waals surface area (Å²) in [6.45, 7) is 0.338. The molecule has 0 aliphatic rings. The summed E-state index contributed by atoms with van der Waals surface area (Å²) < 4.78 is 12.0. The number of carbonyl (C=O) groups excluding carboxylic acids is 1. The Kier molecular flexibility index (Phi) is 5.57. The van der Waals surface area contributed by atoms with E-state index in [1.54, 1.807) is 37.4 Å². The van der Waals surface area contributed by atoms with Crippen molar-refractivity contribution >= 4 is 16.7 Å². The molecule has 0 atom stereocenters. The zero-order valence-corrected chi connectivity index (χ0v) is 16.4. The predicted molar refractivity (Wildman–Crippen MR) is 114 cm³/mol. The molecule has 4 aromatic rings. The van der Waals surface area contributed by atoms with Gasteiger partial charge in [0.25, 0.3) is 5.56 Å². The summed E-state index contributed by atoms with van der Waals surface area (Å²) in [5.41, 5.74) is 1.57. The van der Waals surface area contributed by atoms with Crippen molar-refractivity contribution in [2.75, 3.05) is 7.11 Å². The molecule has 4 rings (SSSR count). The summed E-state index contributed by atoms with van der Waals surface area (Å²) in [4.78, 5) is 25.8. The Hall–Kier alpha value is -3.93. The van der Waals surface area contributed by atoms with Gasteiger partial charge in [0.2, 0.25) is 0 Å². The average molecular weight is 400 g/mol. The SMILES string of the molecule is COc1cccc(COC(=O)c2nn(Cc3ccccc3)c(=O)c3ccccc23)c1. The lowest BCUT2D eigenvalue weighted by Crippen LogP contribution is -2.27. The maximum Gasteiger partial charge on any atom is 0.359 e. The number of fused-ring (bicyclic) bond motifs is 1. The quantitative estimate of drug-likeness (QED) is 0.460. The van der Waals surface area contributed by atoms with Crippen molar-refractivity contribution in [3.63, 3.8) is 0 Å². The Morgan fingerprint density at radius 2 is 1.60 bits per heavy atom. The molecule has 6 heteroatoms. The third-order valence-electron chi connectivity index (χ3n) is 4.74. The standard InChI is InChI=1S/C24H20N2O4/c1-29-19-11-7-10-18(14-19)16-30-24(28)22-20-12-5-6-13-21(20)23(27)26(25-22)15-17-8-3-2-4-9-17/h2-14H,15-16H2,1H3. The average Bonchev–Trinajstić information content (AvgIpc) is 2.80. The molecular formula is C24H20N2O4. The van der Waals surface area contributed by atoms with E-state index >= 15 is 0 Å². The normalized spacial score (nSPS) is 10.7. The van der Waals surface area contributed by atoms with E-state index in [1.165, 1.54) is 4.68 Å². The molecule has 0 amide bonds. The van der Waals surface area contributed by atoms with Crippen LogP contribution in [-0.4, -0.2) is 22.9 Å². The molecule has 150 valence electrons. The highest BCUT2D eigenvalue weighted by Crippen LogP contribution is 2.17. The second kappa shape index (κ2) is 8.61. The number of nitrogens with zero attached hydrogens (tertiary/aromatic N) is 2. The molecule has 0 saturated heterocycles. The number of rotatable bonds is 6. The van der Waals surface area contributed by atoms with Crippen LogP contribution >= 0.6 is 0 Å². The lowest BCUT2D eigenvalue weighted by atomic mass is 10.1. The first-order chi connectivity index (χ1) is 14.7. The van der Waals surface area contributed by atoms with E-state index in [9.17, 15) is 9.59 Å². The van der Waals surface area contributed by atoms with E-state index in [-0.39, 0.29) is 24.4 Å². The summed E-state index contributed by atoms with van der Waals surface area (Å²) >= 11 is 0. The zero-order valence-electron chi connectivity index (χ0n) is 16.4. The smallest absolute Gasteiger partial charge is 0.359 e. The van der Waals surface area contributed by atoms with E-state index < -0.39 is 5.97 Å². The maximum atomic E-state index is 12.9. The highest BCUT2D eigenvalue weighted by Gasteiger charge is 2.18. The molecular weight excluding hydrogens is 380 g/mol. The van der Waals surface area contributed by atoms with Crippen molar-refractivity contribution in [1.82, 2.24) is 9.78 Å². The minimum Gasteiger partial charge on any atom is -0.497 e. The highest BCUT2D eigenvalue weighted by molar-refractivity contribution is 6.02. The van der Waals surface area contributed by atoms with E-state index in [0.29, 0.717) is 16.5 Å². The predicted octanol–water partition coefficient (Wildman–Crippen LogP) is 3.81. The van der Waals surface area contributed by atoms with Crippen LogP contribution in [-0.2, 0) is 17.9 Å². The third-order valence-corrected chi connectivity index (χ3v) is 4.74. The molecule has 0 saturated carbocycles. The topological polar surface area (TPSA) is 70.4 Å². The van der Waals surface area contributed by atoms with Crippen LogP contribution in [0.5, 0.6) is 5.75 Å². The molecule has 30 heavy (non-hydrogen) atoms. The molecule has 0 radical (unpaired) electrons. The van der Waals surface area contributed by atoms with Gasteiger partial charge in [-0.25, -0.2) is 9.48 Å². The number of hydrogen-bond donors (Lipinski definition) is 0. The second-order valence-electron chi connectivity index (χ2n) is 6.77. The second-order valence-corrected chi connectivity index (χ2v) is 6.77. The molecule has 0 bridgehead atoms. The van der Waals surface area contributed by atoms with E-state index in [0.717, 1.165) is 11.1 Å². The van der Waals surface area contributed by atoms with Crippen molar-refractivity contribution in [1.29, 1.82) is 0 Å². The number of esters is 1. The van der Waals surface area contributed by atoms with Gasteiger partial charge < -0.3 is 9.47 Å². The molecule has 1 aromatic heterocycles. The van der Waals surface area contributed by atoms with Gasteiger partial charge in [-0.2, -0.15) is 5.10 Å². The highest BCUT2D eigenvalue weighted by atomic mass is 16.5. The van der Waals surface area contributed by atoms with Crippen LogP contribution in [0.25, 0.3) is 10.8 Å². The Balaban J connectivity index is 1.67. The minimum atomic E-state index is -0.587. The van der Waals surface area contributed by atoms with Crippen LogP contribution < -0.4 is 10.3 Å². The Labute approximate surface area is 173 Å². The largest absolute Gasteiger partial charge is 0.497 e. The lowest BCUT2D eigenvalue weighted by molar-refractivity contribution is 0.0465. The molecule has 0 fully saturated rings. The van der Waals surface area contributed by atoms with Gasteiger partial charge >= 0.3 is 5.97 Å². The van der Waals surface area contributed by atoms with Gasteiger partial charge in [-0.15, -0.1) is 0 Å². The van der Waals surface area contributed by atoms with Gasteiger partial charge in [-0.1, -0.05) is 60.7 Å². The maximum absolute atomic E-state index is 12.9. The van der Waals surface area contributed by atoms with Gasteiger partial charge in [-0.3, -0.25) is 4.79 Å².